The van der Waals surface area contributed by atoms with Gasteiger partial charge in [-0.2, -0.15) is 0 Å². The van der Waals surface area contributed by atoms with E-state index in [1.165, 1.54) is 16.2 Å². The summed E-state index contributed by atoms with van der Waals surface area (Å²) in [6.07, 6.45) is 5.22. The van der Waals surface area contributed by atoms with Crippen LogP contribution in [-0.2, 0) is 0 Å². The van der Waals surface area contributed by atoms with Gasteiger partial charge >= 0.3 is 0 Å². The lowest BCUT2D eigenvalue weighted by Gasteiger charge is -2.16. The van der Waals surface area contributed by atoms with E-state index in [-0.39, 0.29) is 6.04 Å². The Morgan fingerprint density at radius 2 is 1.94 bits per heavy atom. The minimum absolute atomic E-state index is 0.147. The van der Waals surface area contributed by atoms with Gasteiger partial charge in [0.05, 0.1) is 0 Å². The van der Waals surface area contributed by atoms with Crippen LogP contribution >= 0.6 is 23.5 Å². The molecule has 0 aliphatic heterocycles. The molecule has 1 rings (SSSR count). The Morgan fingerprint density at radius 3 is 2.44 bits per heavy atom. The number of nitrogens with zero attached hydrogens (tertiary/aromatic N) is 1. The van der Waals surface area contributed by atoms with E-state index in [1.54, 1.807) is 23.5 Å². The zero-order chi connectivity index (χ0) is 13.4. The molecule has 0 heterocycles. The minimum Gasteiger partial charge on any atom is -0.281 e. The van der Waals surface area contributed by atoms with E-state index in [4.69, 9.17) is 4.99 Å². The molecule has 0 spiro atoms. The lowest BCUT2D eigenvalue weighted by atomic mass is 10.1. The Hall–Kier alpha value is -0.670. The van der Waals surface area contributed by atoms with Crippen molar-refractivity contribution in [2.45, 2.75) is 26.3 Å². The molecule has 0 saturated carbocycles. The lowest BCUT2D eigenvalue weighted by molar-refractivity contribution is 0.890. The molecule has 0 radical (unpaired) electrons. The first-order valence-electron chi connectivity index (χ1n) is 6.08. The maximum atomic E-state index is 4.87. The highest BCUT2D eigenvalue weighted by molar-refractivity contribution is 8.05. The van der Waals surface area contributed by atoms with E-state index >= 15 is 0 Å². The topological polar surface area (TPSA) is 12.4 Å². The van der Waals surface area contributed by atoms with Gasteiger partial charge in [-0.3, -0.25) is 4.99 Å². The molecular weight excluding hydrogens is 258 g/mol. The van der Waals surface area contributed by atoms with Crippen LogP contribution in [0.25, 0.3) is 0 Å². The zero-order valence-electron chi connectivity index (χ0n) is 11.5. The molecule has 0 amide bonds. The molecule has 1 aromatic carbocycles. The van der Waals surface area contributed by atoms with Gasteiger partial charge in [-0.15, -0.1) is 23.5 Å². The first-order valence-corrected chi connectivity index (χ1v) is 8.59. The van der Waals surface area contributed by atoms with Crippen molar-refractivity contribution in [3.63, 3.8) is 0 Å². The van der Waals surface area contributed by atoms with Crippen molar-refractivity contribution in [1.29, 1.82) is 0 Å². The average molecular weight is 279 g/mol. The van der Waals surface area contributed by atoms with E-state index in [9.17, 15) is 0 Å². The van der Waals surface area contributed by atoms with Crippen molar-refractivity contribution >= 4 is 29.2 Å². The molecule has 18 heavy (non-hydrogen) atoms. The smallest absolute Gasteiger partial charge is 0.106 e. The van der Waals surface area contributed by atoms with Crippen LogP contribution in [0.4, 0.5) is 0 Å². The number of hydrogen-bond acceptors (Lipinski definition) is 3. The van der Waals surface area contributed by atoms with Gasteiger partial charge in [0.2, 0.25) is 0 Å². The highest BCUT2D eigenvalue weighted by Crippen LogP contribution is 2.34. The number of hydrogen-bond donors (Lipinski definition) is 0. The molecule has 0 aliphatic carbocycles. The predicted octanol–water partition coefficient (Wildman–Crippen LogP) is 5.17. The number of aliphatic imine (C=N–C) groups is 1. The van der Waals surface area contributed by atoms with Crippen molar-refractivity contribution in [2.75, 3.05) is 12.5 Å². The van der Waals surface area contributed by atoms with Crippen LogP contribution in [0.5, 0.6) is 0 Å². The van der Waals surface area contributed by atoms with Gasteiger partial charge in [0, 0.05) is 10.6 Å². The van der Waals surface area contributed by atoms with E-state index in [2.05, 4.69) is 56.0 Å². The summed E-state index contributed by atoms with van der Waals surface area (Å²) in [5.74, 6) is 0. The molecule has 1 unspecified atom stereocenters. The first kappa shape index (κ1) is 15.4. The Balaban J connectivity index is 3.14. The summed E-state index contributed by atoms with van der Waals surface area (Å²) >= 11 is 3.52. The second-order valence-corrected chi connectivity index (χ2v) is 5.58. The molecule has 3 heteroatoms. The maximum absolute atomic E-state index is 4.87. The zero-order valence-corrected chi connectivity index (χ0v) is 13.1. The maximum Gasteiger partial charge on any atom is 0.106 e. The second kappa shape index (κ2) is 8.44. The molecule has 1 aromatic rings. The molecule has 1 atom stereocenters. The summed E-state index contributed by atoms with van der Waals surface area (Å²) in [4.78, 5) is 6.18. The molecule has 0 saturated heterocycles. The fraction of sp³-hybridized carbons (Fsp3) is 0.400. The van der Waals surface area contributed by atoms with Crippen LogP contribution in [-0.4, -0.2) is 18.2 Å². The summed E-state index contributed by atoms with van der Waals surface area (Å²) in [7, 11) is 0. The lowest BCUT2D eigenvalue weighted by Crippen LogP contribution is -2.01. The number of benzene rings is 1. The third kappa shape index (κ3) is 4.54. The minimum atomic E-state index is 0.147. The second-order valence-electron chi connectivity index (χ2n) is 3.99. The molecule has 0 N–H and O–H groups in total. The van der Waals surface area contributed by atoms with E-state index in [0.717, 1.165) is 6.42 Å². The Morgan fingerprint density at radius 1 is 1.28 bits per heavy atom. The van der Waals surface area contributed by atoms with Crippen LogP contribution in [0.15, 0.2) is 45.6 Å². The first-order chi connectivity index (χ1) is 8.72. The molecule has 1 nitrogen and oxygen atoms in total. The average Bonchev–Trinajstić information content (AvgIpc) is 2.43. The highest BCUT2D eigenvalue weighted by atomic mass is 32.2. The normalized spacial score (nSPS) is 14.7. The van der Waals surface area contributed by atoms with Gasteiger partial charge in [-0.1, -0.05) is 37.3 Å². The van der Waals surface area contributed by atoms with Gasteiger partial charge in [0.15, 0.2) is 0 Å². The monoisotopic (exact) mass is 279 g/mol. The van der Waals surface area contributed by atoms with Crippen molar-refractivity contribution in [3.8, 4) is 0 Å². The molecule has 0 bridgehead atoms. The summed E-state index contributed by atoms with van der Waals surface area (Å²) in [5.41, 5.74) is 2.46. The van der Waals surface area contributed by atoms with E-state index < -0.39 is 0 Å². The summed E-state index contributed by atoms with van der Waals surface area (Å²) < 4.78 is 0. The van der Waals surface area contributed by atoms with Crippen molar-refractivity contribution in [3.05, 3.63) is 46.2 Å². The van der Waals surface area contributed by atoms with Crippen LogP contribution in [0.1, 0.15) is 31.9 Å². The summed E-state index contributed by atoms with van der Waals surface area (Å²) in [6.45, 7) is 4.25. The van der Waals surface area contributed by atoms with Crippen molar-refractivity contribution in [2.24, 2.45) is 4.99 Å². The summed E-state index contributed by atoms with van der Waals surface area (Å²) in [6, 6.07) is 10.7. The van der Waals surface area contributed by atoms with Gasteiger partial charge in [-0.25, -0.2) is 0 Å². The molecule has 0 aliphatic rings. The Labute approximate surface area is 119 Å². The van der Waals surface area contributed by atoms with Crippen LogP contribution in [0, 0.1) is 0 Å². The SMILES string of the molecule is CCC(C)=NC(/C(=C/SC)SC)c1ccccc1. The van der Waals surface area contributed by atoms with Crippen molar-refractivity contribution < 1.29 is 0 Å². The molecule has 0 fully saturated rings. The fourth-order valence-corrected chi connectivity index (χ4v) is 3.04. The predicted molar refractivity (Wildman–Crippen MR) is 87.7 cm³/mol. The largest absolute Gasteiger partial charge is 0.281 e. The van der Waals surface area contributed by atoms with E-state index in [1.807, 2.05) is 6.07 Å². The Bertz CT molecular complexity index is 410. The van der Waals surface area contributed by atoms with Gasteiger partial charge in [-0.05, 0) is 36.8 Å². The number of rotatable bonds is 6. The molecule has 0 aromatic heterocycles. The van der Waals surface area contributed by atoms with Crippen LogP contribution in [0.2, 0.25) is 0 Å². The van der Waals surface area contributed by atoms with Gasteiger partial charge < -0.3 is 0 Å². The standard InChI is InChI=1S/C15H21NS2/c1-5-12(2)16-15(14(18-4)11-17-3)13-9-7-6-8-10-13/h6-11,15H,5H2,1-4H3/b14-11-,16-12?. The molecular formula is C15H21NS2. The molecule has 98 valence electrons. The van der Waals surface area contributed by atoms with Crippen LogP contribution < -0.4 is 0 Å². The van der Waals surface area contributed by atoms with Crippen LogP contribution in [0.3, 0.4) is 0 Å². The summed E-state index contributed by atoms with van der Waals surface area (Å²) in [5, 5.41) is 2.20. The fourth-order valence-electron chi connectivity index (χ4n) is 1.59. The van der Waals surface area contributed by atoms with Gasteiger partial charge in [0.1, 0.15) is 6.04 Å². The third-order valence-corrected chi connectivity index (χ3v) is 4.17. The Kier molecular flexibility index (Phi) is 7.21. The third-order valence-electron chi connectivity index (χ3n) is 2.72. The van der Waals surface area contributed by atoms with E-state index in [0.29, 0.717) is 0 Å². The van der Waals surface area contributed by atoms with Gasteiger partial charge in [0.25, 0.3) is 0 Å². The highest BCUT2D eigenvalue weighted by Gasteiger charge is 2.14. The quantitative estimate of drug-likeness (QED) is 0.666. The van der Waals surface area contributed by atoms with Crippen molar-refractivity contribution in [1.82, 2.24) is 0 Å². The number of thioether (sulfide) groups is 2.